The zero-order chi connectivity index (χ0) is 21.2. The number of thioether (sulfide) groups is 1. The molecule has 0 bridgehead atoms. The number of hydrogen-bond donors (Lipinski definition) is 4. The number of aromatic nitrogens is 2. The maximum Gasteiger partial charge on any atom is 0.322 e. The summed E-state index contributed by atoms with van der Waals surface area (Å²) >= 11 is 1.34. The molecule has 2 heterocycles. The van der Waals surface area contributed by atoms with E-state index in [9.17, 15) is 19.2 Å². The van der Waals surface area contributed by atoms with Gasteiger partial charge in [-0.1, -0.05) is 23.9 Å². The Balaban J connectivity index is 1.69. The van der Waals surface area contributed by atoms with Crippen molar-refractivity contribution >= 4 is 35.3 Å². The molecule has 0 aliphatic carbocycles. The molecule has 1 aliphatic rings. The lowest BCUT2D eigenvalue weighted by Gasteiger charge is -2.21. The van der Waals surface area contributed by atoms with Crippen molar-refractivity contribution in [2.45, 2.75) is 37.4 Å². The highest BCUT2D eigenvalue weighted by Crippen LogP contribution is 2.26. The summed E-state index contributed by atoms with van der Waals surface area (Å²) in [6.45, 7) is 3.34. The van der Waals surface area contributed by atoms with Crippen LogP contribution in [0.4, 0.5) is 10.5 Å². The third-order valence-corrected chi connectivity index (χ3v) is 5.34. The second kappa shape index (κ2) is 8.08. The molecule has 29 heavy (non-hydrogen) atoms. The maximum atomic E-state index is 12.4. The first-order valence-corrected chi connectivity index (χ1v) is 10.1. The summed E-state index contributed by atoms with van der Waals surface area (Å²) in [7, 11) is 0. The Bertz CT molecular complexity index is 1050. The van der Waals surface area contributed by atoms with E-state index in [0.717, 1.165) is 0 Å². The maximum absolute atomic E-state index is 12.4. The van der Waals surface area contributed by atoms with E-state index in [4.69, 9.17) is 0 Å². The van der Waals surface area contributed by atoms with E-state index in [0.29, 0.717) is 27.7 Å². The molecule has 152 valence electrons. The van der Waals surface area contributed by atoms with Gasteiger partial charge in [-0.2, -0.15) is 0 Å². The summed E-state index contributed by atoms with van der Waals surface area (Å²) in [5.41, 5.74) is 0.667. The molecular formula is C19H21N5O4S. The Morgan fingerprint density at radius 2 is 2.03 bits per heavy atom. The van der Waals surface area contributed by atoms with Gasteiger partial charge in [0.1, 0.15) is 5.54 Å². The summed E-state index contributed by atoms with van der Waals surface area (Å²) in [4.78, 5) is 55.1. The van der Waals surface area contributed by atoms with Crippen LogP contribution in [-0.2, 0) is 21.5 Å². The smallest absolute Gasteiger partial charge is 0.322 e. The number of imide groups is 1. The zero-order valence-electron chi connectivity index (χ0n) is 16.2. The summed E-state index contributed by atoms with van der Waals surface area (Å²) in [5.74, 6) is -0.734. The minimum atomic E-state index is -1.20. The Morgan fingerprint density at radius 1 is 1.28 bits per heavy atom. The van der Waals surface area contributed by atoms with Gasteiger partial charge in [0.2, 0.25) is 5.91 Å². The van der Waals surface area contributed by atoms with Gasteiger partial charge in [0, 0.05) is 23.4 Å². The van der Waals surface area contributed by atoms with E-state index in [1.807, 2.05) is 6.26 Å². The number of benzene rings is 1. The monoisotopic (exact) mass is 415 g/mol. The Morgan fingerprint density at radius 3 is 2.66 bits per heavy atom. The van der Waals surface area contributed by atoms with E-state index in [-0.39, 0.29) is 24.3 Å². The molecule has 9 nitrogen and oxygen atoms in total. The SMILES string of the molecule is CSc1nc(C)c(CCC(=O)Nc2cccc(C3(C)NC(=O)NC3=O)c2)c(=O)[nH]1. The first-order chi connectivity index (χ1) is 13.7. The lowest BCUT2D eigenvalue weighted by molar-refractivity contribution is -0.123. The van der Waals surface area contributed by atoms with Crippen molar-refractivity contribution in [1.29, 1.82) is 0 Å². The Kier molecular flexibility index (Phi) is 5.73. The molecule has 1 unspecified atom stereocenters. The fraction of sp³-hybridized carbons (Fsp3) is 0.316. The molecule has 4 N–H and O–H groups in total. The van der Waals surface area contributed by atoms with Crippen LogP contribution in [0.5, 0.6) is 0 Å². The van der Waals surface area contributed by atoms with Crippen molar-refractivity contribution < 1.29 is 14.4 Å². The number of hydrogen-bond acceptors (Lipinski definition) is 6. The number of carbonyl (C=O) groups is 3. The number of anilines is 1. The average Bonchev–Trinajstić information content (AvgIpc) is 2.93. The summed E-state index contributed by atoms with van der Waals surface area (Å²) in [6, 6.07) is 6.15. The van der Waals surface area contributed by atoms with E-state index < -0.39 is 17.5 Å². The molecule has 1 aromatic heterocycles. The quantitative estimate of drug-likeness (QED) is 0.320. The number of amides is 4. The Labute approximate surface area is 171 Å². The predicted molar refractivity (Wildman–Crippen MR) is 109 cm³/mol. The van der Waals surface area contributed by atoms with E-state index >= 15 is 0 Å². The van der Waals surface area contributed by atoms with Crippen LogP contribution in [0.15, 0.2) is 34.2 Å². The molecular weight excluding hydrogens is 394 g/mol. The van der Waals surface area contributed by atoms with Crippen molar-refractivity contribution in [2.24, 2.45) is 0 Å². The number of aromatic amines is 1. The van der Waals surface area contributed by atoms with Gasteiger partial charge < -0.3 is 15.6 Å². The summed E-state index contributed by atoms with van der Waals surface area (Å²) < 4.78 is 0. The van der Waals surface area contributed by atoms with Gasteiger partial charge in [-0.25, -0.2) is 9.78 Å². The van der Waals surface area contributed by atoms with Crippen LogP contribution < -0.4 is 21.5 Å². The molecule has 1 saturated heterocycles. The second-order valence-electron chi connectivity index (χ2n) is 6.80. The van der Waals surface area contributed by atoms with Crippen LogP contribution >= 0.6 is 11.8 Å². The van der Waals surface area contributed by atoms with Crippen LogP contribution in [0.3, 0.4) is 0 Å². The van der Waals surface area contributed by atoms with Gasteiger partial charge in [0.05, 0.1) is 0 Å². The molecule has 1 fully saturated rings. The topological polar surface area (TPSA) is 133 Å². The Hall–Kier alpha value is -3.14. The van der Waals surface area contributed by atoms with Crippen molar-refractivity contribution in [3.8, 4) is 0 Å². The van der Waals surface area contributed by atoms with E-state index in [2.05, 4.69) is 25.9 Å². The first-order valence-electron chi connectivity index (χ1n) is 8.90. The molecule has 2 aromatic rings. The van der Waals surface area contributed by atoms with Gasteiger partial charge in [-0.05, 0) is 44.2 Å². The molecule has 0 spiro atoms. The van der Waals surface area contributed by atoms with Gasteiger partial charge >= 0.3 is 6.03 Å². The van der Waals surface area contributed by atoms with E-state index in [1.54, 1.807) is 38.1 Å². The minimum absolute atomic E-state index is 0.100. The van der Waals surface area contributed by atoms with Crippen molar-refractivity contribution in [1.82, 2.24) is 20.6 Å². The van der Waals surface area contributed by atoms with Gasteiger partial charge in [-0.3, -0.25) is 19.7 Å². The standard InChI is InChI=1S/C19H21N5O4S/c1-10-13(15(26)22-18(20-10)29-3)7-8-14(25)21-12-6-4-5-11(9-12)19(2)16(27)23-17(28)24-19/h4-6,9H,7-8H2,1-3H3,(H,21,25)(H,20,22,26)(H2,23,24,27,28). The molecule has 1 atom stereocenters. The van der Waals surface area contributed by atoms with E-state index in [1.165, 1.54) is 11.8 Å². The molecule has 1 aromatic carbocycles. The fourth-order valence-electron chi connectivity index (χ4n) is 3.09. The third kappa shape index (κ3) is 4.32. The first kappa shape index (κ1) is 20.6. The van der Waals surface area contributed by atoms with Crippen molar-refractivity contribution in [3.63, 3.8) is 0 Å². The van der Waals surface area contributed by atoms with Crippen molar-refractivity contribution in [2.75, 3.05) is 11.6 Å². The predicted octanol–water partition coefficient (Wildman–Crippen LogP) is 1.43. The zero-order valence-corrected chi connectivity index (χ0v) is 17.0. The average molecular weight is 415 g/mol. The van der Waals surface area contributed by atoms with Crippen LogP contribution in [0, 0.1) is 6.92 Å². The molecule has 4 amide bonds. The lowest BCUT2D eigenvalue weighted by atomic mass is 9.92. The minimum Gasteiger partial charge on any atom is -0.326 e. The third-order valence-electron chi connectivity index (χ3n) is 4.76. The number of nitrogens with zero attached hydrogens (tertiary/aromatic N) is 1. The van der Waals surface area contributed by atoms with Crippen LogP contribution in [0.25, 0.3) is 0 Å². The van der Waals surface area contributed by atoms with Crippen molar-refractivity contribution in [3.05, 3.63) is 51.4 Å². The number of nitrogens with one attached hydrogen (secondary N) is 4. The number of H-pyrrole nitrogens is 1. The molecule has 3 rings (SSSR count). The lowest BCUT2D eigenvalue weighted by Crippen LogP contribution is -2.40. The molecule has 0 saturated carbocycles. The number of rotatable bonds is 6. The number of urea groups is 1. The summed E-state index contributed by atoms with van der Waals surface area (Å²) in [5, 5.41) is 8.09. The molecule has 0 radical (unpaired) electrons. The highest BCUT2D eigenvalue weighted by Gasteiger charge is 2.43. The van der Waals surface area contributed by atoms with Gasteiger partial charge in [0.25, 0.3) is 11.5 Å². The largest absolute Gasteiger partial charge is 0.326 e. The van der Waals surface area contributed by atoms with Crippen LogP contribution in [-0.4, -0.2) is 34.1 Å². The fourth-order valence-corrected chi connectivity index (χ4v) is 3.52. The van der Waals surface area contributed by atoms with Crippen LogP contribution in [0.1, 0.15) is 30.2 Å². The number of aryl methyl sites for hydroxylation is 1. The van der Waals surface area contributed by atoms with Gasteiger partial charge in [0.15, 0.2) is 5.16 Å². The highest BCUT2D eigenvalue weighted by molar-refractivity contribution is 7.98. The number of carbonyl (C=O) groups excluding carboxylic acids is 3. The highest BCUT2D eigenvalue weighted by atomic mass is 32.2. The second-order valence-corrected chi connectivity index (χ2v) is 7.60. The molecule has 10 heteroatoms. The summed E-state index contributed by atoms with van der Waals surface area (Å²) in [6.07, 6.45) is 2.17. The van der Waals surface area contributed by atoms with Crippen LogP contribution in [0.2, 0.25) is 0 Å². The normalized spacial score (nSPS) is 18.3. The van der Waals surface area contributed by atoms with Gasteiger partial charge in [-0.15, -0.1) is 0 Å². The molecule has 1 aliphatic heterocycles.